The number of phenolic OH excluding ortho intramolecular Hbond substituents is 1. The van der Waals surface area contributed by atoms with E-state index in [0.29, 0.717) is 11.5 Å². The van der Waals surface area contributed by atoms with Crippen LogP contribution < -0.4 is 11.1 Å². The van der Waals surface area contributed by atoms with Crippen molar-refractivity contribution >= 4 is 16.5 Å². The predicted molar refractivity (Wildman–Crippen MR) is 87.9 cm³/mol. The molecule has 0 unspecified atom stereocenters. The van der Waals surface area contributed by atoms with Gasteiger partial charge < -0.3 is 21.6 Å². The van der Waals surface area contributed by atoms with Crippen LogP contribution in [0.15, 0.2) is 48.2 Å². The summed E-state index contributed by atoms with van der Waals surface area (Å²) in [5.74, 6) is 0.313. The van der Waals surface area contributed by atoms with Gasteiger partial charge in [-0.1, -0.05) is 30.3 Å². The van der Waals surface area contributed by atoms with Gasteiger partial charge in [-0.2, -0.15) is 0 Å². The average molecular weight is 283 g/mol. The second-order valence-electron chi connectivity index (χ2n) is 4.99. The number of aryl methyl sites for hydroxylation is 1. The number of benzene rings is 2. The number of fused-ring (bicyclic) bond motifs is 1. The van der Waals surface area contributed by atoms with Gasteiger partial charge in [0.05, 0.1) is 0 Å². The zero-order valence-electron chi connectivity index (χ0n) is 12.2. The van der Waals surface area contributed by atoms with Crippen molar-refractivity contribution in [1.82, 2.24) is 5.32 Å². The van der Waals surface area contributed by atoms with Gasteiger partial charge >= 0.3 is 0 Å². The summed E-state index contributed by atoms with van der Waals surface area (Å²) in [7, 11) is 1.84. The maximum atomic E-state index is 10.1. The lowest BCUT2D eigenvalue weighted by Gasteiger charge is -2.09. The van der Waals surface area contributed by atoms with E-state index in [1.54, 1.807) is 6.08 Å². The van der Waals surface area contributed by atoms with Crippen LogP contribution >= 0.6 is 0 Å². The second kappa shape index (κ2) is 6.90. The van der Waals surface area contributed by atoms with Gasteiger partial charge in [-0.15, -0.1) is 0 Å². The third-order valence-corrected chi connectivity index (χ3v) is 3.47. The van der Waals surface area contributed by atoms with Crippen molar-refractivity contribution in [3.05, 3.63) is 53.7 Å². The number of phenols is 1. The van der Waals surface area contributed by atoms with E-state index >= 15 is 0 Å². The van der Waals surface area contributed by atoms with Crippen molar-refractivity contribution < 1.29 is 5.11 Å². The average Bonchev–Trinajstić information content (AvgIpc) is 2.51. The van der Waals surface area contributed by atoms with Gasteiger partial charge in [0.1, 0.15) is 5.75 Å². The summed E-state index contributed by atoms with van der Waals surface area (Å²) in [4.78, 5) is 0. The number of nitrogens with one attached hydrogen (secondary N) is 2. The van der Waals surface area contributed by atoms with Crippen LogP contribution in [0.3, 0.4) is 0 Å². The van der Waals surface area contributed by atoms with E-state index in [-0.39, 0.29) is 6.54 Å². The highest BCUT2D eigenvalue weighted by atomic mass is 16.3. The van der Waals surface area contributed by atoms with Crippen molar-refractivity contribution in [3.63, 3.8) is 0 Å². The molecule has 0 radical (unpaired) electrons. The van der Waals surface area contributed by atoms with E-state index in [1.807, 2.05) is 37.4 Å². The summed E-state index contributed by atoms with van der Waals surface area (Å²) >= 11 is 0. The van der Waals surface area contributed by atoms with E-state index in [1.165, 1.54) is 0 Å². The molecular formula is C17H21N3O. The van der Waals surface area contributed by atoms with Gasteiger partial charge in [0.25, 0.3) is 0 Å². The minimum absolute atomic E-state index is 0.238. The molecule has 0 fully saturated rings. The lowest BCUT2D eigenvalue weighted by molar-refractivity contribution is 0.481. The highest BCUT2D eigenvalue weighted by Gasteiger charge is 2.04. The third kappa shape index (κ3) is 3.83. The van der Waals surface area contributed by atoms with Gasteiger partial charge in [0, 0.05) is 30.4 Å². The van der Waals surface area contributed by atoms with Gasteiger partial charge in [-0.25, -0.2) is 0 Å². The normalized spacial score (nSPS) is 11.6. The summed E-state index contributed by atoms with van der Waals surface area (Å²) in [5, 5.41) is 22.7. The van der Waals surface area contributed by atoms with Crippen molar-refractivity contribution in [3.8, 4) is 5.75 Å². The van der Waals surface area contributed by atoms with Crippen molar-refractivity contribution in [2.45, 2.75) is 12.8 Å². The van der Waals surface area contributed by atoms with Crippen LogP contribution in [0.4, 0.5) is 0 Å². The summed E-state index contributed by atoms with van der Waals surface area (Å²) < 4.78 is 0. The molecule has 5 N–H and O–H groups in total. The molecule has 2 rings (SSSR count). The smallest absolute Gasteiger partial charge is 0.123 e. The Morgan fingerprint density at radius 2 is 2.10 bits per heavy atom. The molecule has 0 aromatic heterocycles. The summed E-state index contributed by atoms with van der Waals surface area (Å²) in [6.45, 7) is 0.238. The molecule has 2 aromatic carbocycles. The maximum Gasteiger partial charge on any atom is 0.123 e. The molecule has 4 nitrogen and oxygen atoms in total. The Bertz CT molecular complexity index is 677. The fourth-order valence-electron chi connectivity index (χ4n) is 2.31. The number of hydrogen-bond donors (Lipinski definition) is 4. The summed E-state index contributed by atoms with van der Waals surface area (Å²) in [6.07, 6.45) is 3.33. The quantitative estimate of drug-likeness (QED) is 0.615. The van der Waals surface area contributed by atoms with Crippen LogP contribution in [0.2, 0.25) is 0 Å². The molecule has 0 spiro atoms. The van der Waals surface area contributed by atoms with E-state index in [2.05, 4.69) is 11.4 Å². The van der Waals surface area contributed by atoms with E-state index in [4.69, 9.17) is 11.1 Å². The van der Waals surface area contributed by atoms with E-state index in [9.17, 15) is 5.11 Å². The third-order valence-electron chi connectivity index (χ3n) is 3.47. The maximum absolute atomic E-state index is 10.1. The standard InChI is InChI=1S/C17H21N3O/c1-20-15(10-14(19)11-18)7-6-12-8-13-4-2-3-5-16(13)17(21)9-12/h2-5,8-10,19-21H,6-7,11,18H2,1H3/b15-10-,19-14?. The van der Waals surface area contributed by atoms with E-state index < -0.39 is 0 Å². The van der Waals surface area contributed by atoms with Crippen LogP contribution in [-0.2, 0) is 6.42 Å². The molecule has 0 aliphatic rings. The minimum atomic E-state index is 0.238. The molecular weight excluding hydrogens is 262 g/mol. The van der Waals surface area contributed by atoms with Gasteiger partial charge in [-0.05, 0) is 35.9 Å². The van der Waals surface area contributed by atoms with Crippen molar-refractivity contribution in [1.29, 1.82) is 5.41 Å². The predicted octanol–water partition coefficient (Wildman–Crippen LogP) is 2.56. The first-order chi connectivity index (χ1) is 10.1. The molecule has 0 saturated heterocycles. The van der Waals surface area contributed by atoms with Gasteiger partial charge in [-0.3, -0.25) is 0 Å². The minimum Gasteiger partial charge on any atom is -0.507 e. The molecule has 110 valence electrons. The van der Waals surface area contributed by atoms with E-state index in [0.717, 1.165) is 34.9 Å². The van der Waals surface area contributed by atoms with Crippen LogP contribution in [-0.4, -0.2) is 24.4 Å². The fourth-order valence-corrected chi connectivity index (χ4v) is 2.31. The van der Waals surface area contributed by atoms with Crippen molar-refractivity contribution in [2.24, 2.45) is 5.73 Å². The first-order valence-corrected chi connectivity index (χ1v) is 7.00. The number of hydrogen-bond acceptors (Lipinski definition) is 4. The molecule has 0 saturated carbocycles. The lowest BCUT2D eigenvalue weighted by Crippen LogP contribution is -2.14. The Balaban J connectivity index is 2.16. The Labute approximate surface area is 124 Å². The van der Waals surface area contributed by atoms with Crippen LogP contribution in [0.25, 0.3) is 10.8 Å². The molecule has 4 heteroatoms. The molecule has 0 amide bonds. The van der Waals surface area contributed by atoms with Crippen LogP contribution in [0.1, 0.15) is 12.0 Å². The number of aromatic hydroxyl groups is 1. The molecule has 0 heterocycles. The first kappa shape index (κ1) is 15.1. The lowest BCUT2D eigenvalue weighted by atomic mass is 10.0. The fraction of sp³-hybridized carbons (Fsp3) is 0.235. The van der Waals surface area contributed by atoms with Gasteiger partial charge in [0.2, 0.25) is 0 Å². The largest absolute Gasteiger partial charge is 0.507 e. The zero-order valence-corrected chi connectivity index (χ0v) is 12.2. The van der Waals surface area contributed by atoms with Crippen molar-refractivity contribution in [2.75, 3.05) is 13.6 Å². The Hall–Kier alpha value is -2.33. The Morgan fingerprint density at radius 3 is 2.81 bits per heavy atom. The number of allylic oxidation sites excluding steroid dienone is 1. The monoisotopic (exact) mass is 283 g/mol. The first-order valence-electron chi connectivity index (χ1n) is 7.00. The summed E-state index contributed by atoms with van der Waals surface area (Å²) in [6, 6.07) is 11.7. The summed E-state index contributed by atoms with van der Waals surface area (Å²) in [5.41, 5.74) is 7.88. The number of nitrogens with two attached hydrogens (primary N) is 1. The van der Waals surface area contributed by atoms with Crippen LogP contribution in [0.5, 0.6) is 5.75 Å². The zero-order chi connectivity index (χ0) is 15.2. The SMILES string of the molecule is CN/C(=C\C(=N)CN)CCc1cc(O)c2ccccc2c1. The Morgan fingerprint density at radius 1 is 1.33 bits per heavy atom. The molecule has 0 aliphatic carbocycles. The highest BCUT2D eigenvalue weighted by molar-refractivity contribution is 5.94. The van der Waals surface area contributed by atoms with Gasteiger partial charge in [0.15, 0.2) is 0 Å². The topological polar surface area (TPSA) is 82.1 Å². The second-order valence-corrected chi connectivity index (χ2v) is 4.99. The molecule has 0 bridgehead atoms. The highest BCUT2D eigenvalue weighted by Crippen LogP contribution is 2.27. The molecule has 21 heavy (non-hydrogen) atoms. The molecule has 2 aromatic rings. The van der Waals surface area contributed by atoms with Crippen LogP contribution in [0, 0.1) is 5.41 Å². The molecule has 0 atom stereocenters. The Kier molecular flexibility index (Phi) is 4.95. The molecule has 0 aliphatic heterocycles. The number of rotatable bonds is 6.